The highest BCUT2D eigenvalue weighted by atomic mass is 32.1. The lowest BCUT2D eigenvalue weighted by atomic mass is 9.96. The van der Waals surface area contributed by atoms with E-state index in [1.807, 2.05) is 17.4 Å². The summed E-state index contributed by atoms with van der Waals surface area (Å²) in [5.74, 6) is 0.942. The van der Waals surface area contributed by atoms with Crippen LogP contribution in [-0.2, 0) is 17.6 Å². The zero-order valence-electron chi connectivity index (χ0n) is 14.6. The minimum Gasteiger partial charge on any atom is -0.355 e. The van der Waals surface area contributed by atoms with Crippen LogP contribution in [0, 0.1) is 5.92 Å². The number of carbonyl (C=O) groups excluding carboxylic acids is 1. The molecule has 1 amide bonds. The quantitative estimate of drug-likeness (QED) is 0.767. The first-order chi connectivity index (χ1) is 12.3. The van der Waals surface area contributed by atoms with Gasteiger partial charge in [-0.25, -0.2) is 0 Å². The minimum absolute atomic E-state index is 0.178. The molecule has 0 saturated heterocycles. The molecule has 1 aromatic carbocycles. The van der Waals surface area contributed by atoms with Gasteiger partial charge in [0, 0.05) is 24.0 Å². The van der Waals surface area contributed by atoms with Gasteiger partial charge in [-0.3, -0.25) is 9.69 Å². The molecular formula is C21H26N2OS. The maximum Gasteiger partial charge on any atom is 0.234 e. The SMILES string of the molecule is O=C(CN1CCc2sccc2[C@@H]1C1CC1)NCCCc1ccccc1. The van der Waals surface area contributed by atoms with Gasteiger partial charge in [0.05, 0.1) is 6.54 Å². The number of nitrogens with zero attached hydrogens (tertiary/aromatic N) is 1. The summed E-state index contributed by atoms with van der Waals surface area (Å²) in [6.07, 6.45) is 5.74. The normalized spacial score (nSPS) is 20.2. The molecule has 4 rings (SSSR count). The molecule has 3 nitrogen and oxygen atoms in total. The highest BCUT2D eigenvalue weighted by Gasteiger charge is 2.40. The summed E-state index contributed by atoms with van der Waals surface area (Å²) in [6.45, 7) is 2.33. The molecule has 4 heteroatoms. The number of aryl methyl sites for hydroxylation is 1. The highest BCUT2D eigenvalue weighted by Crippen LogP contribution is 2.48. The van der Waals surface area contributed by atoms with Crippen LogP contribution in [0.4, 0.5) is 0 Å². The topological polar surface area (TPSA) is 32.3 Å². The molecule has 1 saturated carbocycles. The zero-order valence-corrected chi connectivity index (χ0v) is 15.4. The van der Waals surface area contributed by atoms with Crippen LogP contribution in [0.25, 0.3) is 0 Å². The Kier molecular flexibility index (Phi) is 5.18. The second kappa shape index (κ2) is 7.71. The summed E-state index contributed by atoms with van der Waals surface area (Å²) >= 11 is 1.88. The Bertz CT molecular complexity index is 708. The number of benzene rings is 1. The van der Waals surface area contributed by atoms with Crippen molar-refractivity contribution in [2.75, 3.05) is 19.6 Å². The lowest BCUT2D eigenvalue weighted by Gasteiger charge is -2.35. The molecule has 1 aliphatic heterocycles. The van der Waals surface area contributed by atoms with Gasteiger partial charge < -0.3 is 5.32 Å². The van der Waals surface area contributed by atoms with Gasteiger partial charge >= 0.3 is 0 Å². The van der Waals surface area contributed by atoms with Gasteiger partial charge in [0.2, 0.25) is 5.91 Å². The molecule has 1 fully saturated rings. The predicted octanol–water partition coefficient (Wildman–Crippen LogP) is 3.81. The molecule has 0 radical (unpaired) electrons. The Morgan fingerprint density at radius 3 is 2.84 bits per heavy atom. The molecule has 1 aliphatic carbocycles. The van der Waals surface area contributed by atoms with Crippen molar-refractivity contribution in [2.24, 2.45) is 5.92 Å². The second-order valence-electron chi connectivity index (χ2n) is 7.24. The lowest BCUT2D eigenvalue weighted by molar-refractivity contribution is -0.123. The van der Waals surface area contributed by atoms with Crippen LogP contribution in [0.3, 0.4) is 0 Å². The number of hydrogen-bond donors (Lipinski definition) is 1. The predicted molar refractivity (Wildman–Crippen MR) is 103 cm³/mol. The van der Waals surface area contributed by atoms with Crippen molar-refractivity contribution < 1.29 is 4.79 Å². The summed E-state index contributed by atoms with van der Waals surface area (Å²) in [5.41, 5.74) is 2.84. The average molecular weight is 355 g/mol. The molecule has 1 atom stereocenters. The highest BCUT2D eigenvalue weighted by molar-refractivity contribution is 7.10. The Labute approximate surface area is 154 Å². The van der Waals surface area contributed by atoms with Crippen molar-refractivity contribution in [1.82, 2.24) is 10.2 Å². The van der Waals surface area contributed by atoms with Crippen molar-refractivity contribution in [1.29, 1.82) is 0 Å². The number of amides is 1. The number of thiophene rings is 1. The summed E-state index contributed by atoms with van der Waals surface area (Å²) in [5, 5.41) is 5.34. The van der Waals surface area contributed by atoms with Gasteiger partial charge in [-0.15, -0.1) is 11.3 Å². The molecule has 0 unspecified atom stereocenters. The molecule has 1 aromatic heterocycles. The largest absolute Gasteiger partial charge is 0.355 e. The molecule has 2 aromatic rings. The first-order valence-electron chi connectivity index (χ1n) is 9.42. The van der Waals surface area contributed by atoms with E-state index in [1.165, 1.54) is 28.8 Å². The Hall–Kier alpha value is -1.65. The van der Waals surface area contributed by atoms with Crippen LogP contribution in [0.2, 0.25) is 0 Å². The molecular weight excluding hydrogens is 328 g/mol. The third-order valence-electron chi connectivity index (χ3n) is 5.34. The number of rotatable bonds is 7. The Balaban J connectivity index is 1.26. The second-order valence-corrected chi connectivity index (χ2v) is 8.24. The molecule has 0 spiro atoms. The monoisotopic (exact) mass is 354 g/mol. The number of hydrogen-bond acceptors (Lipinski definition) is 3. The summed E-state index contributed by atoms with van der Waals surface area (Å²) in [7, 11) is 0. The molecule has 25 heavy (non-hydrogen) atoms. The van der Waals surface area contributed by atoms with Crippen LogP contribution in [0.15, 0.2) is 41.8 Å². The van der Waals surface area contributed by atoms with Gasteiger partial charge in [-0.1, -0.05) is 30.3 Å². The fourth-order valence-corrected chi connectivity index (χ4v) is 4.86. The van der Waals surface area contributed by atoms with E-state index in [4.69, 9.17) is 0 Å². The lowest BCUT2D eigenvalue weighted by Crippen LogP contribution is -2.43. The standard InChI is InChI=1S/C21H26N2OS/c24-20(22-12-4-7-16-5-2-1-3-6-16)15-23-13-10-19-18(11-14-25-19)21(23)17-8-9-17/h1-3,5-6,11,14,17,21H,4,7-10,12-13,15H2,(H,22,24)/t21-/m0/s1. The van der Waals surface area contributed by atoms with E-state index in [0.29, 0.717) is 12.6 Å². The van der Waals surface area contributed by atoms with Crippen molar-refractivity contribution >= 4 is 17.2 Å². The number of nitrogens with one attached hydrogen (secondary N) is 1. The molecule has 0 bridgehead atoms. The van der Waals surface area contributed by atoms with Crippen molar-refractivity contribution in [3.8, 4) is 0 Å². The van der Waals surface area contributed by atoms with Crippen LogP contribution in [0.1, 0.15) is 41.3 Å². The number of carbonyl (C=O) groups is 1. The Morgan fingerprint density at radius 1 is 1.20 bits per heavy atom. The van der Waals surface area contributed by atoms with E-state index in [1.54, 1.807) is 0 Å². The zero-order chi connectivity index (χ0) is 17.1. The molecule has 2 heterocycles. The van der Waals surface area contributed by atoms with E-state index in [-0.39, 0.29) is 5.91 Å². The number of fused-ring (bicyclic) bond motifs is 1. The first kappa shape index (κ1) is 16.8. The van der Waals surface area contributed by atoms with Crippen molar-refractivity contribution in [2.45, 2.75) is 38.1 Å². The van der Waals surface area contributed by atoms with Gasteiger partial charge in [-0.05, 0) is 60.6 Å². The van der Waals surface area contributed by atoms with Crippen LogP contribution >= 0.6 is 11.3 Å². The van der Waals surface area contributed by atoms with Crippen LogP contribution in [0.5, 0.6) is 0 Å². The molecule has 132 valence electrons. The summed E-state index contributed by atoms with van der Waals surface area (Å²) < 4.78 is 0. The van der Waals surface area contributed by atoms with Gasteiger partial charge in [0.1, 0.15) is 0 Å². The fraction of sp³-hybridized carbons (Fsp3) is 0.476. The van der Waals surface area contributed by atoms with Crippen LogP contribution in [-0.4, -0.2) is 30.4 Å². The maximum atomic E-state index is 12.4. The minimum atomic E-state index is 0.178. The fourth-order valence-electron chi connectivity index (χ4n) is 3.94. The Morgan fingerprint density at radius 2 is 2.04 bits per heavy atom. The molecule has 1 N–H and O–H groups in total. The van der Waals surface area contributed by atoms with E-state index >= 15 is 0 Å². The van der Waals surface area contributed by atoms with Crippen LogP contribution < -0.4 is 5.32 Å². The van der Waals surface area contributed by atoms with Gasteiger partial charge in [0.15, 0.2) is 0 Å². The van der Waals surface area contributed by atoms with E-state index < -0.39 is 0 Å². The maximum absolute atomic E-state index is 12.4. The summed E-state index contributed by atoms with van der Waals surface area (Å²) in [6, 6.07) is 13.2. The average Bonchev–Trinajstić information content (AvgIpc) is 3.35. The molecule has 2 aliphatic rings. The van der Waals surface area contributed by atoms with Gasteiger partial charge in [-0.2, -0.15) is 0 Å². The van der Waals surface area contributed by atoms with Gasteiger partial charge in [0.25, 0.3) is 0 Å². The summed E-state index contributed by atoms with van der Waals surface area (Å²) in [4.78, 5) is 16.4. The first-order valence-corrected chi connectivity index (χ1v) is 10.3. The third kappa shape index (κ3) is 4.13. The van der Waals surface area contributed by atoms with E-state index in [9.17, 15) is 4.79 Å². The van der Waals surface area contributed by atoms with E-state index in [0.717, 1.165) is 38.3 Å². The third-order valence-corrected chi connectivity index (χ3v) is 6.34. The smallest absolute Gasteiger partial charge is 0.234 e. The van der Waals surface area contributed by atoms with E-state index in [2.05, 4.69) is 45.9 Å². The van der Waals surface area contributed by atoms with Crippen molar-refractivity contribution in [3.05, 3.63) is 57.8 Å². The van der Waals surface area contributed by atoms with Crippen molar-refractivity contribution in [3.63, 3.8) is 0 Å².